The first kappa shape index (κ1) is 11.0. The van der Waals surface area contributed by atoms with Crippen LogP contribution in [-0.4, -0.2) is 29.6 Å². The fourth-order valence-corrected chi connectivity index (χ4v) is 1.92. The molecule has 0 saturated carbocycles. The van der Waals surface area contributed by atoms with Crippen LogP contribution >= 0.6 is 0 Å². The first-order valence-electron chi connectivity index (χ1n) is 5.53. The fraction of sp³-hybridized carbons (Fsp3) is 0.545. The van der Waals surface area contributed by atoms with Crippen LogP contribution in [0.25, 0.3) is 0 Å². The predicted molar refractivity (Wildman–Crippen MR) is 61.1 cm³/mol. The van der Waals surface area contributed by atoms with Crippen LogP contribution in [0, 0.1) is 0 Å². The molecule has 1 fully saturated rings. The number of nitrogen functional groups attached to an aromatic ring is 1. The van der Waals surface area contributed by atoms with Gasteiger partial charge < -0.3 is 20.8 Å². The Morgan fingerprint density at radius 2 is 2.56 bits per heavy atom. The van der Waals surface area contributed by atoms with Crippen LogP contribution in [0.5, 0.6) is 0 Å². The van der Waals surface area contributed by atoms with Gasteiger partial charge in [0.15, 0.2) is 0 Å². The van der Waals surface area contributed by atoms with Gasteiger partial charge in [0.2, 0.25) is 0 Å². The molecule has 1 amide bonds. The van der Waals surface area contributed by atoms with E-state index in [0.29, 0.717) is 11.4 Å². The Morgan fingerprint density at radius 1 is 1.75 bits per heavy atom. The molecule has 1 aliphatic rings. The summed E-state index contributed by atoms with van der Waals surface area (Å²) < 4.78 is 5.51. The van der Waals surface area contributed by atoms with Crippen LogP contribution in [0.3, 0.4) is 0 Å². The molecule has 16 heavy (non-hydrogen) atoms. The van der Waals surface area contributed by atoms with Crippen molar-refractivity contribution in [3.63, 3.8) is 0 Å². The van der Waals surface area contributed by atoms with E-state index in [1.807, 2.05) is 6.92 Å². The number of rotatable bonds is 3. The smallest absolute Gasteiger partial charge is 0.268 e. The maximum absolute atomic E-state index is 11.8. The average molecular weight is 223 g/mol. The van der Waals surface area contributed by atoms with Gasteiger partial charge in [-0.05, 0) is 25.8 Å². The van der Waals surface area contributed by atoms with Gasteiger partial charge in [0.05, 0.1) is 12.1 Å². The lowest BCUT2D eigenvalue weighted by Gasteiger charge is -2.19. The normalized spacial score (nSPS) is 21.9. The van der Waals surface area contributed by atoms with Crippen molar-refractivity contribution in [3.05, 3.63) is 18.0 Å². The summed E-state index contributed by atoms with van der Waals surface area (Å²) in [5, 5.41) is 2.90. The van der Waals surface area contributed by atoms with Crippen molar-refractivity contribution in [1.82, 2.24) is 10.3 Å². The number of ether oxygens (including phenoxy) is 1. The number of carbonyl (C=O) groups is 1. The van der Waals surface area contributed by atoms with Crippen molar-refractivity contribution in [2.24, 2.45) is 0 Å². The van der Waals surface area contributed by atoms with Crippen LogP contribution < -0.4 is 11.1 Å². The Kier molecular flexibility index (Phi) is 3.14. The third-order valence-corrected chi connectivity index (χ3v) is 2.83. The summed E-state index contributed by atoms with van der Waals surface area (Å²) >= 11 is 0. The summed E-state index contributed by atoms with van der Waals surface area (Å²) in [7, 11) is 0. The molecule has 88 valence electrons. The molecule has 2 atom stereocenters. The highest BCUT2D eigenvalue weighted by Crippen LogP contribution is 2.15. The molecular weight excluding hydrogens is 206 g/mol. The standard InChI is InChI=1S/C11H17N3O2/c1-7(10-3-2-4-16-10)14-11(15)9-5-8(12)6-13-9/h5-7,10,13H,2-4,12H2,1H3,(H,14,15). The molecule has 1 aromatic heterocycles. The van der Waals surface area contributed by atoms with Crippen molar-refractivity contribution in [2.75, 3.05) is 12.3 Å². The number of carbonyl (C=O) groups excluding carboxylic acids is 1. The molecule has 0 aliphatic carbocycles. The van der Waals surface area contributed by atoms with Gasteiger partial charge in [0, 0.05) is 18.5 Å². The Hall–Kier alpha value is -1.49. The Labute approximate surface area is 94.4 Å². The number of anilines is 1. The lowest BCUT2D eigenvalue weighted by Crippen LogP contribution is -2.40. The first-order chi connectivity index (χ1) is 7.66. The zero-order valence-corrected chi connectivity index (χ0v) is 9.32. The average Bonchev–Trinajstić information content (AvgIpc) is 2.87. The lowest BCUT2D eigenvalue weighted by atomic mass is 10.1. The molecule has 2 rings (SSSR count). The maximum atomic E-state index is 11.8. The van der Waals surface area contributed by atoms with Gasteiger partial charge in [-0.25, -0.2) is 0 Å². The Balaban J connectivity index is 1.91. The number of nitrogens with two attached hydrogens (primary N) is 1. The number of nitrogens with one attached hydrogen (secondary N) is 2. The first-order valence-corrected chi connectivity index (χ1v) is 5.53. The molecule has 1 saturated heterocycles. The summed E-state index contributed by atoms with van der Waals surface area (Å²) in [5.74, 6) is -0.139. The number of H-pyrrole nitrogens is 1. The predicted octanol–water partition coefficient (Wildman–Crippen LogP) is 0.894. The highest BCUT2D eigenvalue weighted by molar-refractivity contribution is 5.93. The number of amides is 1. The van der Waals surface area contributed by atoms with E-state index >= 15 is 0 Å². The van der Waals surface area contributed by atoms with Crippen molar-refractivity contribution in [3.8, 4) is 0 Å². The van der Waals surface area contributed by atoms with E-state index in [-0.39, 0.29) is 18.1 Å². The van der Waals surface area contributed by atoms with Crippen LogP contribution in [0.2, 0.25) is 0 Å². The Bertz CT molecular complexity index is 369. The third kappa shape index (κ3) is 2.36. The minimum Gasteiger partial charge on any atom is -0.397 e. The summed E-state index contributed by atoms with van der Waals surface area (Å²) in [6.07, 6.45) is 3.82. The monoisotopic (exact) mass is 223 g/mol. The quantitative estimate of drug-likeness (QED) is 0.712. The van der Waals surface area contributed by atoms with Gasteiger partial charge in [-0.3, -0.25) is 4.79 Å². The molecule has 1 aromatic rings. The largest absolute Gasteiger partial charge is 0.397 e. The topological polar surface area (TPSA) is 80.1 Å². The SMILES string of the molecule is CC(NC(=O)c1cc(N)c[nH]1)C1CCCO1. The van der Waals surface area contributed by atoms with E-state index in [9.17, 15) is 4.79 Å². The minimum atomic E-state index is -0.139. The summed E-state index contributed by atoms with van der Waals surface area (Å²) in [4.78, 5) is 14.6. The molecule has 0 spiro atoms. The molecule has 4 N–H and O–H groups in total. The van der Waals surface area contributed by atoms with Crippen LogP contribution in [0.1, 0.15) is 30.3 Å². The Morgan fingerprint density at radius 3 is 3.12 bits per heavy atom. The van der Waals surface area contributed by atoms with Gasteiger partial charge in [-0.1, -0.05) is 0 Å². The third-order valence-electron chi connectivity index (χ3n) is 2.83. The second-order valence-corrected chi connectivity index (χ2v) is 4.16. The van der Waals surface area contributed by atoms with Gasteiger partial charge in [-0.2, -0.15) is 0 Å². The second kappa shape index (κ2) is 4.57. The number of aromatic amines is 1. The maximum Gasteiger partial charge on any atom is 0.268 e. The molecule has 5 heteroatoms. The highest BCUT2D eigenvalue weighted by Gasteiger charge is 2.24. The van der Waals surface area contributed by atoms with Gasteiger partial charge in [0.25, 0.3) is 5.91 Å². The lowest BCUT2D eigenvalue weighted by molar-refractivity contribution is 0.0710. The molecule has 1 aliphatic heterocycles. The van der Waals surface area contributed by atoms with Crippen molar-refractivity contribution in [1.29, 1.82) is 0 Å². The molecule has 5 nitrogen and oxygen atoms in total. The number of aromatic nitrogens is 1. The van der Waals surface area contributed by atoms with E-state index in [4.69, 9.17) is 10.5 Å². The second-order valence-electron chi connectivity index (χ2n) is 4.16. The molecule has 2 heterocycles. The van der Waals surface area contributed by atoms with E-state index in [2.05, 4.69) is 10.3 Å². The fourth-order valence-electron chi connectivity index (χ4n) is 1.92. The molecule has 0 aromatic carbocycles. The summed E-state index contributed by atoms with van der Waals surface area (Å²) in [6.45, 7) is 2.75. The van der Waals surface area contributed by atoms with Gasteiger partial charge in [-0.15, -0.1) is 0 Å². The van der Waals surface area contributed by atoms with E-state index in [1.165, 1.54) is 0 Å². The minimum absolute atomic E-state index is 0.0273. The van der Waals surface area contributed by atoms with Crippen molar-refractivity contribution in [2.45, 2.75) is 31.9 Å². The molecule has 0 bridgehead atoms. The molecule has 2 unspecified atom stereocenters. The van der Waals surface area contributed by atoms with Crippen molar-refractivity contribution < 1.29 is 9.53 Å². The van der Waals surface area contributed by atoms with E-state index < -0.39 is 0 Å². The van der Waals surface area contributed by atoms with Gasteiger partial charge >= 0.3 is 0 Å². The summed E-state index contributed by atoms with van der Waals surface area (Å²) in [6, 6.07) is 1.65. The van der Waals surface area contributed by atoms with E-state index in [0.717, 1.165) is 19.4 Å². The molecular formula is C11H17N3O2. The molecule has 0 radical (unpaired) electrons. The zero-order valence-electron chi connectivity index (χ0n) is 9.32. The number of hydrogen-bond donors (Lipinski definition) is 3. The van der Waals surface area contributed by atoms with Gasteiger partial charge in [0.1, 0.15) is 5.69 Å². The van der Waals surface area contributed by atoms with Crippen LogP contribution in [-0.2, 0) is 4.74 Å². The zero-order chi connectivity index (χ0) is 11.5. The van der Waals surface area contributed by atoms with Crippen molar-refractivity contribution >= 4 is 11.6 Å². The van der Waals surface area contributed by atoms with E-state index in [1.54, 1.807) is 12.3 Å². The number of hydrogen-bond acceptors (Lipinski definition) is 3. The van der Waals surface area contributed by atoms with Crippen LogP contribution in [0.4, 0.5) is 5.69 Å². The summed E-state index contributed by atoms with van der Waals surface area (Å²) in [5.41, 5.74) is 6.59. The highest BCUT2D eigenvalue weighted by atomic mass is 16.5. The van der Waals surface area contributed by atoms with Crippen LogP contribution in [0.15, 0.2) is 12.3 Å².